The van der Waals surface area contributed by atoms with Crippen LogP contribution in [0.15, 0.2) is 0 Å². The van der Waals surface area contributed by atoms with Gasteiger partial charge in [-0.25, -0.2) is 0 Å². The Morgan fingerprint density at radius 3 is 2.44 bits per heavy atom. The van der Waals surface area contributed by atoms with Gasteiger partial charge in [0.05, 0.1) is 0 Å². The molecule has 1 aliphatic carbocycles. The first-order chi connectivity index (χ1) is 8.32. The van der Waals surface area contributed by atoms with Crippen LogP contribution in [0.25, 0.3) is 0 Å². The van der Waals surface area contributed by atoms with E-state index in [1.165, 1.54) is 0 Å². The summed E-state index contributed by atoms with van der Waals surface area (Å²) in [5.41, 5.74) is -2.56. The highest BCUT2D eigenvalue weighted by atomic mass is 19.4. The van der Waals surface area contributed by atoms with Gasteiger partial charge in [0.2, 0.25) is 0 Å². The predicted octanol–water partition coefficient (Wildman–Crippen LogP) is 2.51. The van der Waals surface area contributed by atoms with Gasteiger partial charge >= 0.3 is 12.1 Å². The summed E-state index contributed by atoms with van der Waals surface area (Å²) in [6, 6.07) is 0.119. The van der Waals surface area contributed by atoms with Gasteiger partial charge < -0.3 is 5.11 Å². The Morgan fingerprint density at radius 2 is 2.11 bits per heavy atom. The molecule has 1 heterocycles. The third-order valence-corrected chi connectivity index (χ3v) is 4.30. The van der Waals surface area contributed by atoms with Gasteiger partial charge in [-0.2, -0.15) is 13.2 Å². The number of alkyl halides is 3. The highest BCUT2D eigenvalue weighted by Gasteiger charge is 2.64. The van der Waals surface area contributed by atoms with Crippen LogP contribution in [0.5, 0.6) is 0 Å². The molecule has 1 saturated heterocycles. The summed E-state index contributed by atoms with van der Waals surface area (Å²) in [7, 11) is 0. The maximum Gasteiger partial charge on any atom is 0.406 e. The van der Waals surface area contributed by atoms with E-state index in [1.54, 1.807) is 4.90 Å². The molecule has 0 aromatic carbocycles. The van der Waals surface area contributed by atoms with Crippen molar-refractivity contribution >= 4 is 5.97 Å². The number of carboxylic acid groups (broad SMARTS) is 1. The van der Waals surface area contributed by atoms with Gasteiger partial charge in [0, 0.05) is 12.6 Å². The quantitative estimate of drug-likeness (QED) is 0.849. The van der Waals surface area contributed by atoms with E-state index in [0.717, 1.165) is 19.3 Å². The van der Waals surface area contributed by atoms with Crippen LogP contribution < -0.4 is 0 Å². The Bertz CT molecular complexity index is 341. The Hall–Kier alpha value is -0.780. The fourth-order valence-corrected chi connectivity index (χ4v) is 3.02. The molecule has 0 aromatic rings. The molecule has 1 saturated carbocycles. The second-order valence-electron chi connectivity index (χ2n) is 5.42. The lowest BCUT2D eigenvalue weighted by Gasteiger charge is -2.30. The summed E-state index contributed by atoms with van der Waals surface area (Å²) >= 11 is 0. The molecule has 0 aromatic heterocycles. The standard InChI is InChI=1S/C12H18F3NO2/c1-2-9(8-3-4-8)16-6-5-11(7-16,10(17)18)12(13,14)15/h8-9H,2-7H2,1H3,(H,17,18). The third-order valence-electron chi connectivity index (χ3n) is 4.30. The fourth-order valence-electron chi connectivity index (χ4n) is 3.02. The molecule has 2 aliphatic rings. The van der Waals surface area contributed by atoms with Gasteiger partial charge in [-0.3, -0.25) is 9.69 Å². The highest BCUT2D eigenvalue weighted by molar-refractivity contribution is 5.76. The van der Waals surface area contributed by atoms with Gasteiger partial charge in [0.1, 0.15) is 0 Å². The summed E-state index contributed by atoms with van der Waals surface area (Å²) in [5, 5.41) is 8.98. The highest BCUT2D eigenvalue weighted by Crippen LogP contribution is 2.48. The first kappa shape index (κ1) is 13.6. The summed E-state index contributed by atoms with van der Waals surface area (Å²) in [6.07, 6.45) is -2.09. The average Bonchev–Trinajstić information content (AvgIpc) is 2.95. The Balaban J connectivity index is 2.15. The van der Waals surface area contributed by atoms with E-state index in [4.69, 9.17) is 5.11 Å². The van der Waals surface area contributed by atoms with Crippen LogP contribution in [0.1, 0.15) is 32.6 Å². The molecule has 3 nitrogen and oxygen atoms in total. The maximum absolute atomic E-state index is 13.0. The molecular weight excluding hydrogens is 247 g/mol. The minimum absolute atomic E-state index is 0.119. The van der Waals surface area contributed by atoms with Crippen molar-refractivity contribution in [1.29, 1.82) is 0 Å². The lowest BCUT2D eigenvalue weighted by Crippen LogP contribution is -2.48. The second-order valence-corrected chi connectivity index (χ2v) is 5.42. The number of hydrogen-bond acceptors (Lipinski definition) is 2. The van der Waals surface area contributed by atoms with Crippen molar-refractivity contribution in [2.45, 2.75) is 44.8 Å². The van der Waals surface area contributed by atoms with E-state index in [-0.39, 0.29) is 25.6 Å². The Kier molecular flexibility index (Phi) is 3.34. The predicted molar refractivity (Wildman–Crippen MR) is 59.1 cm³/mol. The molecule has 2 fully saturated rings. The minimum Gasteiger partial charge on any atom is -0.481 e. The van der Waals surface area contributed by atoms with Crippen LogP contribution in [-0.4, -0.2) is 41.3 Å². The molecule has 6 heteroatoms. The largest absolute Gasteiger partial charge is 0.481 e. The zero-order chi connectivity index (χ0) is 13.6. The van der Waals surface area contributed by atoms with Crippen LogP contribution in [0.3, 0.4) is 0 Å². The molecule has 104 valence electrons. The first-order valence-electron chi connectivity index (χ1n) is 6.36. The second kappa shape index (κ2) is 4.40. The number of rotatable bonds is 4. The smallest absolute Gasteiger partial charge is 0.406 e. The molecule has 2 rings (SSSR count). The van der Waals surface area contributed by atoms with Gasteiger partial charge in [-0.15, -0.1) is 0 Å². The van der Waals surface area contributed by atoms with Crippen molar-refractivity contribution in [3.05, 3.63) is 0 Å². The molecule has 1 N–H and O–H groups in total. The SMILES string of the molecule is CCC(C1CC1)N1CCC(C(=O)O)(C(F)(F)F)C1. The number of nitrogens with zero attached hydrogens (tertiary/aromatic N) is 1. The fraction of sp³-hybridized carbons (Fsp3) is 0.917. The Morgan fingerprint density at radius 1 is 1.50 bits per heavy atom. The topological polar surface area (TPSA) is 40.5 Å². The van der Waals surface area contributed by atoms with E-state index in [2.05, 4.69) is 0 Å². The number of hydrogen-bond donors (Lipinski definition) is 1. The van der Waals surface area contributed by atoms with Crippen LogP contribution in [0.4, 0.5) is 13.2 Å². The summed E-state index contributed by atoms with van der Waals surface area (Å²) in [5.74, 6) is -1.27. The molecule has 18 heavy (non-hydrogen) atoms. The van der Waals surface area contributed by atoms with Crippen molar-refractivity contribution < 1.29 is 23.1 Å². The molecule has 2 unspecified atom stereocenters. The molecule has 0 amide bonds. The van der Waals surface area contributed by atoms with Crippen LogP contribution in [0, 0.1) is 11.3 Å². The number of carbonyl (C=O) groups is 1. The lowest BCUT2D eigenvalue weighted by molar-refractivity contribution is -0.228. The summed E-state index contributed by atoms with van der Waals surface area (Å²) in [6.45, 7) is 1.80. The molecule has 0 bridgehead atoms. The van der Waals surface area contributed by atoms with Crippen molar-refractivity contribution in [1.82, 2.24) is 4.90 Å². The van der Waals surface area contributed by atoms with Crippen molar-refractivity contribution in [3.63, 3.8) is 0 Å². The summed E-state index contributed by atoms with van der Waals surface area (Å²) < 4.78 is 39.0. The van der Waals surface area contributed by atoms with Crippen LogP contribution in [-0.2, 0) is 4.79 Å². The number of likely N-dealkylation sites (tertiary alicyclic amines) is 1. The zero-order valence-electron chi connectivity index (χ0n) is 10.3. The molecular formula is C12H18F3NO2. The van der Waals surface area contributed by atoms with E-state index in [0.29, 0.717) is 5.92 Å². The number of carboxylic acids is 1. The third kappa shape index (κ3) is 2.11. The lowest BCUT2D eigenvalue weighted by atomic mass is 9.86. The van der Waals surface area contributed by atoms with Gasteiger partial charge in [-0.1, -0.05) is 6.92 Å². The van der Waals surface area contributed by atoms with Gasteiger partial charge in [-0.05, 0) is 38.1 Å². The normalized spacial score (nSPS) is 31.6. The number of aliphatic carboxylic acids is 1. The number of halogens is 3. The first-order valence-corrected chi connectivity index (χ1v) is 6.36. The van der Waals surface area contributed by atoms with Crippen LogP contribution >= 0.6 is 0 Å². The molecule has 1 aliphatic heterocycles. The minimum atomic E-state index is -4.67. The van der Waals surface area contributed by atoms with E-state index in [1.807, 2.05) is 6.92 Å². The molecule has 2 atom stereocenters. The van der Waals surface area contributed by atoms with E-state index >= 15 is 0 Å². The van der Waals surface area contributed by atoms with Crippen molar-refractivity contribution in [3.8, 4) is 0 Å². The average molecular weight is 265 g/mol. The van der Waals surface area contributed by atoms with E-state index < -0.39 is 17.6 Å². The van der Waals surface area contributed by atoms with Gasteiger partial charge in [0.15, 0.2) is 5.41 Å². The van der Waals surface area contributed by atoms with Crippen LogP contribution in [0.2, 0.25) is 0 Å². The van der Waals surface area contributed by atoms with Crippen molar-refractivity contribution in [2.75, 3.05) is 13.1 Å². The van der Waals surface area contributed by atoms with Crippen molar-refractivity contribution in [2.24, 2.45) is 11.3 Å². The molecule has 0 radical (unpaired) electrons. The van der Waals surface area contributed by atoms with Gasteiger partial charge in [0.25, 0.3) is 0 Å². The zero-order valence-corrected chi connectivity index (χ0v) is 10.3. The summed E-state index contributed by atoms with van der Waals surface area (Å²) in [4.78, 5) is 12.8. The van der Waals surface area contributed by atoms with E-state index in [9.17, 15) is 18.0 Å². The Labute approximate surface area is 104 Å². The monoisotopic (exact) mass is 265 g/mol. The molecule has 0 spiro atoms. The maximum atomic E-state index is 13.0.